The predicted octanol–water partition coefficient (Wildman–Crippen LogP) is 3.96. The fraction of sp³-hybridized carbons (Fsp3) is 0.588. The summed E-state index contributed by atoms with van der Waals surface area (Å²) >= 11 is 0. The largest absolute Gasteiger partial charge is 0.368 e. The van der Waals surface area contributed by atoms with Gasteiger partial charge in [0, 0.05) is 18.2 Å². The zero-order valence-electron chi connectivity index (χ0n) is 12.4. The molecule has 2 aliphatic heterocycles. The van der Waals surface area contributed by atoms with Gasteiger partial charge in [-0.1, -0.05) is 30.1 Å². The van der Waals surface area contributed by atoms with Gasteiger partial charge >= 0.3 is 0 Å². The van der Waals surface area contributed by atoms with Crippen LogP contribution in [0.4, 0.5) is 0 Å². The molecule has 0 aromatic heterocycles. The highest BCUT2D eigenvalue weighted by Gasteiger charge is 2.31. The maximum Gasteiger partial charge on any atom is 0.272 e. The van der Waals surface area contributed by atoms with Crippen molar-refractivity contribution in [2.45, 2.75) is 57.7 Å². The van der Waals surface area contributed by atoms with Crippen molar-refractivity contribution in [2.24, 2.45) is 0 Å². The maximum atomic E-state index is 9.16. The quantitative estimate of drug-likeness (QED) is 0.707. The van der Waals surface area contributed by atoms with Gasteiger partial charge in [-0.05, 0) is 50.9 Å². The third-order valence-electron chi connectivity index (χ3n) is 5.01. The zero-order valence-corrected chi connectivity index (χ0v) is 12.4. The monoisotopic (exact) mass is 266 g/mol. The highest BCUT2D eigenvalue weighted by molar-refractivity contribution is 6.67. The van der Waals surface area contributed by atoms with Crippen LogP contribution in [-0.4, -0.2) is 24.2 Å². The number of nitrogens with zero attached hydrogens (tertiary/aromatic N) is 2. The number of rotatable bonds is 2. The van der Waals surface area contributed by atoms with Gasteiger partial charge in [0.25, 0.3) is 6.71 Å². The van der Waals surface area contributed by atoms with Crippen LogP contribution in [0, 0.1) is 11.2 Å². The van der Waals surface area contributed by atoms with Gasteiger partial charge in [-0.3, -0.25) is 0 Å². The lowest BCUT2D eigenvalue weighted by Gasteiger charge is -2.41. The number of nitriles is 1. The Kier molecular flexibility index (Phi) is 4.01. The number of allylic oxidation sites excluding steroid dienone is 4. The molecule has 0 radical (unpaired) electrons. The first-order valence-electron chi connectivity index (χ1n) is 8.03. The second kappa shape index (κ2) is 5.91. The summed E-state index contributed by atoms with van der Waals surface area (Å²) in [5, 5.41) is 9.16. The van der Waals surface area contributed by atoms with E-state index in [1.807, 2.05) is 0 Å². The summed E-state index contributed by atoms with van der Waals surface area (Å²) in [6.45, 7) is 3.79. The SMILES string of the molecule is CC(C1=CCCC=C1)N1CCCC2=C1CCB(C#N)C2. The van der Waals surface area contributed by atoms with Gasteiger partial charge < -0.3 is 4.90 Å². The van der Waals surface area contributed by atoms with Crippen LogP contribution in [0.5, 0.6) is 0 Å². The normalized spacial score (nSPS) is 24.1. The van der Waals surface area contributed by atoms with Crippen LogP contribution in [0.1, 0.15) is 39.0 Å². The Morgan fingerprint density at radius 1 is 1.35 bits per heavy atom. The molecule has 1 atom stereocenters. The van der Waals surface area contributed by atoms with Crippen LogP contribution in [0.25, 0.3) is 0 Å². The number of hydrogen-bond donors (Lipinski definition) is 0. The van der Waals surface area contributed by atoms with E-state index in [2.05, 4.69) is 36.0 Å². The molecule has 0 aromatic carbocycles. The summed E-state index contributed by atoms with van der Waals surface area (Å²) in [5.41, 5.74) is 4.61. The van der Waals surface area contributed by atoms with E-state index >= 15 is 0 Å². The third kappa shape index (κ3) is 2.57. The molecule has 104 valence electrons. The Morgan fingerprint density at radius 3 is 3.00 bits per heavy atom. The van der Waals surface area contributed by atoms with Crippen molar-refractivity contribution in [3.05, 3.63) is 35.1 Å². The molecule has 2 heterocycles. The molecule has 2 nitrogen and oxygen atoms in total. The van der Waals surface area contributed by atoms with E-state index in [1.54, 1.807) is 11.3 Å². The molecule has 1 aliphatic carbocycles. The molecule has 3 rings (SSSR count). The predicted molar refractivity (Wildman–Crippen MR) is 84.5 cm³/mol. The number of hydrogen-bond acceptors (Lipinski definition) is 2. The molecule has 3 heteroatoms. The topological polar surface area (TPSA) is 27.0 Å². The Morgan fingerprint density at radius 2 is 2.25 bits per heavy atom. The van der Waals surface area contributed by atoms with E-state index in [4.69, 9.17) is 5.26 Å². The first kappa shape index (κ1) is 13.6. The highest BCUT2D eigenvalue weighted by atomic mass is 15.2. The molecule has 20 heavy (non-hydrogen) atoms. The van der Waals surface area contributed by atoms with Gasteiger partial charge in [-0.25, -0.2) is 5.26 Å². The summed E-state index contributed by atoms with van der Waals surface area (Å²) in [6.07, 6.45) is 15.0. The van der Waals surface area contributed by atoms with Crippen LogP contribution in [0.2, 0.25) is 12.6 Å². The molecular weight excluding hydrogens is 243 g/mol. The molecule has 0 bridgehead atoms. The summed E-state index contributed by atoms with van der Waals surface area (Å²) in [5.74, 6) is 2.47. The Labute approximate surface area is 122 Å². The standard InChI is InChI=1S/C17H23BN2/c1-14(15-6-3-2-4-7-15)20-11-5-8-16-12-18(13-19)10-9-17(16)20/h3,6-7,14H,2,4-5,8-12H2,1H3. The molecule has 1 unspecified atom stereocenters. The van der Waals surface area contributed by atoms with Crippen LogP contribution < -0.4 is 0 Å². The molecule has 0 fully saturated rings. The minimum Gasteiger partial charge on any atom is -0.368 e. The molecule has 0 aromatic rings. The van der Waals surface area contributed by atoms with Gasteiger partial charge in [0.2, 0.25) is 0 Å². The smallest absolute Gasteiger partial charge is 0.272 e. The van der Waals surface area contributed by atoms with Gasteiger partial charge in [-0.2, -0.15) is 0 Å². The van der Waals surface area contributed by atoms with Crippen molar-refractivity contribution in [3.63, 3.8) is 0 Å². The van der Waals surface area contributed by atoms with Crippen LogP contribution >= 0.6 is 0 Å². The summed E-state index contributed by atoms with van der Waals surface area (Å²) < 4.78 is 0. The van der Waals surface area contributed by atoms with Gasteiger partial charge in [0.15, 0.2) is 0 Å². The van der Waals surface area contributed by atoms with Crippen LogP contribution in [0.3, 0.4) is 0 Å². The van der Waals surface area contributed by atoms with E-state index in [-0.39, 0.29) is 6.71 Å². The second-order valence-corrected chi connectivity index (χ2v) is 6.28. The molecule has 3 aliphatic rings. The van der Waals surface area contributed by atoms with E-state index in [0.717, 1.165) is 19.1 Å². The van der Waals surface area contributed by atoms with Crippen LogP contribution in [-0.2, 0) is 0 Å². The van der Waals surface area contributed by atoms with Crippen molar-refractivity contribution in [1.82, 2.24) is 4.90 Å². The van der Waals surface area contributed by atoms with Gasteiger partial charge in [-0.15, -0.1) is 0 Å². The van der Waals surface area contributed by atoms with Crippen molar-refractivity contribution in [2.75, 3.05) is 6.54 Å². The lowest BCUT2D eigenvalue weighted by molar-refractivity contribution is 0.266. The minimum atomic E-state index is 0.262. The molecule has 0 saturated carbocycles. The first-order valence-corrected chi connectivity index (χ1v) is 8.03. The summed E-state index contributed by atoms with van der Waals surface area (Å²) in [6, 6.07) is 0.496. The van der Waals surface area contributed by atoms with E-state index < -0.39 is 0 Å². The third-order valence-corrected chi connectivity index (χ3v) is 5.01. The minimum absolute atomic E-state index is 0.262. The molecule has 0 saturated heterocycles. The second-order valence-electron chi connectivity index (χ2n) is 6.28. The Bertz CT molecular complexity index is 510. The van der Waals surface area contributed by atoms with Gasteiger partial charge in [0.1, 0.15) is 0 Å². The van der Waals surface area contributed by atoms with Gasteiger partial charge in [0.05, 0.1) is 6.04 Å². The molecular formula is C17H23BN2. The fourth-order valence-corrected chi connectivity index (χ4v) is 3.86. The fourth-order valence-electron chi connectivity index (χ4n) is 3.86. The molecule has 0 N–H and O–H groups in total. The van der Waals surface area contributed by atoms with Crippen molar-refractivity contribution in [3.8, 4) is 5.97 Å². The average molecular weight is 266 g/mol. The lowest BCUT2D eigenvalue weighted by atomic mass is 9.42. The molecule has 0 spiro atoms. The van der Waals surface area contributed by atoms with E-state index in [1.165, 1.54) is 37.8 Å². The summed E-state index contributed by atoms with van der Waals surface area (Å²) in [7, 11) is 0. The average Bonchev–Trinajstić information content (AvgIpc) is 2.54. The summed E-state index contributed by atoms with van der Waals surface area (Å²) in [4.78, 5) is 2.62. The molecule has 0 amide bonds. The highest BCUT2D eigenvalue weighted by Crippen LogP contribution is 2.37. The zero-order chi connectivity index (χ0) is 13.9. The Balaban J connectivity index is 1.81. The lowest BCUT2D eigenvalue weighted by Crippen LogP contribution is -2.39. The van der Waals surface area contributed by atoms with E-state index in [0.29, 0.717) is 6.04 Å². The van der Waals surface area contributed by atoms with Crippen molar-refractivity contribution >= 4 is 6.71 Å². The first-order chi connectivity index (χ1) is 9.79. The Hall–Kier alpha value is -1.43. The van der Waals surface area contributed by atoms with Crippen molar-refractivity contribution < 1.29 is 0 Å². The van der Waals surface area contributed by atoms with Crippen molar-refractivity contribution in [1.29, 1.82) is 5.26 Å². The van der Waals surface area contributed by atoms with Crippen LogP contribution in [0.15, 0.2) is 35.1 Å². The van der Waals surface area contributed by atoms with E-state index in [9.17, 15) is 0 Å². The maximum absolute atomic E-state index is 9.16.